The summed E-state index contributed by atoms with van der Waals surface area (Å²) < 4.78 is 1.54. The van der Waals surface area contributed by atoms with Gasteiger partial charge in [-0.15, -0.1) is 0 Å². The summed E-state index contributed by atoms with van der Waals surface area (Å²) in [5.74, 6) is 0.140. The number of carbonyl (C=O) groups is 1. The molecule has 1 amide bonds. The lowest BCUT2D eigenvalue weighted by atomic mass is 10.1. The zero-order chi connectivity index (χ0) is 17.1. The number of anilines is 1. The number of hydrogen-bond donors (Lipinski definition) is 3. The Kier molecular flexibility index (Phi) is 4.64. The van der Waals surface area contributed by atoms with Crippen molar-refractivity contribution in [1.82, 2.24) is 20.0 Å². The zero-order valence-electron chi connectivity index (χ0n) is 13.0. The van der Waals surface area contributed by atoms with E-state index in [1.807, 2.05) is 19.1 Å². The second-order valence-corrected chi connectivity index (χ2v) is 5.70. The summed E-state index contributed by atoms with van der Waals surface area (Å²) in [6.45, 7) is 1.99. The Hall–Kier alpha value is -2.64. The van der Waals surface area contributed by atoms with Crippen LogP contribution in [0.25, 0.3) is 11.3 Å². The molecule has 2 aromatic heterocycles. The maximum absolute atomic E-state index is 12.3. The molecule has 7 nitrogen and oxygen atoms in total. The lowest BCUT2D eigenvalue weighted by molar-refractivity contribution is 0.102. The van der Waals surface area contributed by atoms with E-state index in [2.05, 4.69) is 20.6 Å². The summed E-state index contributed by atoms with van der Waals surface area (Å²) in [6.07, 6.45) is 0. The van der Waals surface area contributed by atoms with Crippen molar-refractivity contribution in [1.29, 1.82) is 0 Å². The number of nitrogens with one attached hydrogen (secondary N) is 2. The van der Waals surface area contributed by atoms with E-state index in [0.717, 1.165) is 11.3 Å². The first kappa shape index (κ1) is 16.2. The van der Waals surface area contributed by atoms with Gasteiger partial charge in [-0.05, 0) is 25.1 Å². The number of amides is 1. The van der Waals surface area contributed by atoms with Gasteiger partial charge in [0.2, 0.25) is 0 Å². The van der Waals surface area contributed by atoms with Gasteiger partial charge in [0.05, 0.1) is 18.8 Å². The summed E-state index contributed by atoms with van der Waals surface area (Å²) in [4.78, 5) is 12.3. The SMILES string of the molecule is Cc1cc(C(=O)Nc2cc(-c3ccc(Cl)cc3)nn2CCO)n[nH]1. The van der Waals surface area contributed by atoms with E-state index in [0.29, 0.717) is 16.5 Å². The van der Waals surface area contributed by atoms with Crippen LogP contribution in [0.1, 0.15) is 16.2 Å². The molecule has 0 saturated heterocycles. The van der Waals surface area contributed by atoms with Crippen molar-refractivity contribution in [3.8, 4) is 11.3 Å². The predicted molar refractivity (Wildman–Crippen MR) is 91.0 cm³/mol. The molecular weight excluding hydrogens is 330 g/mol. The number of aromatic amines is 1. The predicted octanol–water partition coefficient (Wildman–Crippen LogP) is 2.48. The van der Waals surface area contributed by atoms with Crippen LogP contribution in [0.15, 0.2) is 36.4 Å². The molecule has 0 atom stereocenters. The zero-order valence-corrected chi connectivity index (χ0v) is 13.7. The molecule has 124 valence electrons. The fraction of sp³-hybridized carbons (Fsp3) is 0.188. The van der Waals surface area contributed by atoms with Gasteiger partial charge in [0.15, 0.2) is 5.69 Å². The van der Waals surface area contributed by atoms with Gasteiger partial charge in [-0.1, -0.05) is 23.7 Å². The Morgan fingerprint density at radius 3 is 2.71 bits per heavy atom. The average molecular weight is 346 g/mol. The second kappa shape index (κ2) is 6.86. The standard InChI is InChI=1S/C16H16ClN5O2/c1-10-8-14(20-19-10)16(24)18-15-9-13(21-22(15)6-7-23)11-2-4-12(17)5-3-11/h2-5,8-9,23H,6-7H2,1H3,(H,18,24)(H,19,20). The van der Waals surface area contributed by atoms with Crippen molar-refractivity contribution >= 4 is 23.3 Å². The molecule has 0 aliphatic heterocycles. The number of benzene rings is 1. The van der Waals surface area contributed by atoms with Crippen molar-refractivity contribution < 1.29 is 9.90 Å². The monoisotopic (exact) mass is 345 g/mol. The number of carbonyl (C=O) groups excluding carboxylic acids is 1. The number of H-pyrrole nitrogens is 1. The Morgan fingerprint density at radius 2 is 2.08 bits per heavy atom. The molecule has 0 aliphatic rings. The van der Waals surface area contributed by atoms with Crippen LogP contribution >= 0.6 is 11.6 Å². The molecule has 3 N–H and O–H groups in total. The Balaban J connectivity index is 1.88. The first-order valence-corrected chi connectivity index (χ1v) is 7.72. The fourth-order valence-corrected chi connectivity index (χ4v) is 2.38. The molecular formula is C16H16ClN5O2. The largest absolute Gasteiger partial charge is 0.394 e. The minimum atomic E-state index is -0.346. The molecule has 0 radical (unpaired) electrons. The highest BCUT2D eigenvalue weighted by Crippen LogP contribution is 2.24. The van der Waals surface area contributed by atoms with Crippen molar-refractivity contribution in [2.45, 2.75) is 13.5 Å². The molecule has 2 heterocycles. The molecule has 3 aromatic rings. The van der Waals surface area contributed by atoms with Crippen LogP contribution in [0.5, 0.6) is 0 Å². The average Bonchev–Trinajstić information content (AvgIpc) is 3.16. The number of hydrogen-bond acceptors (Lipinski definition) is 4. The van der Waals surface area contributed by atoms with Crippen LogP contribution in [-0.2, 0) is 6.54 Å². The third kappa shape index (κ3) is 3.47. The molecule has 1 aromatic carbocycles. The highest BCUT2D eigenvalue weighted by atomic mass is 35.5. The molecule has 0 fully saturated rings. The van der Waals surface area contributed by atoms with Gasteiger partial charge >= 0.3 is 0 Å². The third-order valence-electron chi connectivity index (χ3n) is 3.41. The van der Waals surface area contributed by atoms with Crippen molar-refractivity contribution in [3.63, 3.8) is 0 Å². The van der Waals surface area contributed by atoms with Crippen LogP contribution < -0.4 is 5.32 Å². The highest BCUT2D eigenvalue weighted by molar-refractivity contribution is 6.30. The number of aromatic nitrogens is 4. The number of halogens is 1. The summed E-state index contributed by atoms with van der Waals surface area (Å²) in [5.41, 5.74) is 2.62. The van der Waals surface area contributed by atoms with E-state index in [1.54, 1.807) is 28.9 Å². The molecule has 0 unspecified atom stereocenters. The smallest absolute Gasteiger partial charge is 0.277 e. The van der Waals surface area contributed by atoms with Gasteiger partial charge < -0.3 is 10.4 Å². The molecule has 0 spiro atoms. The summed E-state index contributed by atoms with van der Waals surface area (Å²) in [7, 11) is 0. The normalized spacial score (nSPS) is 10.8. The van der Waals surface area contributed by atoms with E-state index < -0.39 is 0 Å². The molecule has 0 saturated carbocycles. The van der Waals surface area contributed by atoms with Crippen LogP contribution in [-0.4, -0.2) is 37.6 Å². The third-order valence-corrected chi connectivity index (χ3v) is 3.66. The van der Waals surface area contributed by atoms with E-state index in [9.17, 15) is 9.90 Å². The van der Waals surface area contributed by atoms with Crippen LogP contribution in [0.2, 0.25) is 5.02 Å². The minimum Gasteiger partial charge on any atom is -0.394 e. The number of nitrogens with zero attached hydrogens (tertiary/aromatic N) is 3. The van der Waals surface area contributed by atoms with Crippen molar-refractivity contribution in [3.05, 3.63) is 52.8 Å². The van der Waals surface area contributed by atoms with E-state index in [-0.39, 0.29) is 24.8 Å². The van der Waals surface area contributed by atoms with Crippen LogP contribution in [0.3, 0.4) is 0 Å². The van der Waals surface area contributed by atoms with Crippen molar-refractivity contribution in [2.75, 3.05) is 11.9 Å². The molecule has 8 heteroatoms. The van der Waals surface area contributed by atoms with E-state index >= 15 is 0 Å². The molecule has 0 aliphatic carbocycles. The maximum Gasteiger partial charge on any atom is 0.277 e. The van der Waals surface area contributed by atoms with E-state index in [4.69, 9.17) is 11.6 Å². The number of aliphatic hydroxyl groups excluding tert-OH is 1. The van der Waals surface area contributed by atoms with Gasteiger partial charge in [-0.2, -0.15) is 10.2 Å². The van der Waals surface area contributed by atoms with Crippen LogP contribution in [0.4, 0.5) is 5.82 Å². The molecule has 0 bridgehead atoms. The van der Waals surface area contributed by atoms with Gasteiger partial charge in [0.25, 0.3) is 5.91 Å². The van der Waals surface area contributed by atoms with Gasteiger partial charge in [0, 0.05) is 22.3 Å². The number of aryl methyl sites for hydroxylation is 1. The Bertz CT molecular complexity index is 854. The first-order valence-electron chi connectivity index (χ1n) is 7.35. The molecule has 3 rings (SSSR count). The van der Waals surface area contributed by atoms with Gasteiger partial charge in [-0.25, -0.2) is 4.68 Å². The Morgan fingerprint density at radius 1 is 1.33 bits per heavy atom. The van der Waals surface area contributed by atoms with E-state index in [1.165, 1.54) is 0 Å². The number of rotatable bonds is 5. The lowest BCUT2D eigenvalue weighted by Gasteiger charge is -2.05. The second-order valence-electron chi connectivity index (χ2n) is 5.26. The van der Waals surface area contributed by atoms with Crippen molar-refractivity contribution in [2.24, 2.45) is 0 Å². The summed E-state index contributed by atoms with van der Waals surface area (Å²) in [5, 5.41) is 23.7. The summed E-state index contributed by atoms with van der Waals surface area (Å²) >= 11 is 5.90. The van der Waals surface area contributed by atoms with Gasteiger partial charge in [0.1, 0.15) is 5.82 Å². The van der Waals surface area contributed by atoms with Gasteiger partial charge in [-0.3, -0.25) is 9.89 Å². The highest BCUT2D eigenvalue weighted by Gasteiger charge is 2.15. The molecule has 24 heavy (non-hydrogen) atoms. The topological polar surface area (TPSA) is 95.8 Å². The summed E-state index contributed by atoms with van der Waals surface area (Å²) in [6, 6.07) is 10.6. The fourth-order valence-electron chi connectivity index (χ4n) is 2.26. The number of aliphatic hydroxyl groups is 1. The van der Waals surface area contributed by atoms with Crippen LogP contribution in [0, 0.1) is 6.92 Å². The maximum atomic E-state index is 12.3. The minimum absolute atomic E-state index is 0.0911. The Labute approximate surface area is 143 Å². The first-order chi connectivity index (χ1) is 11.6. The quantitative estimate of drug-likeness (QED) is 0.662. The lowest BCUT2D eigenvalue weighted by Crippen LogP contribution is -2.17.